The highest BCUT2D eigenvalue weighted by Gasteiger charge is 2.37. The number of rotatable bonds is 3. The largest absolute Gasteiger partial charge is 0.444 e. The van der Waals surface area contributed by atoms with Crippen LogP contribution in [0.3, 0.4) is 0 Å². The van der Waals surface area contributed by atoms with E-state index in [1.165, 1.54) is 25.9 Å². The Labute approximate surface area is 212 Å². The molecule has 4 aromatic rings. The first-order chi connectivity index (χ1) is 17.2. The Morgan fingerprint density at radius 3 is 2.60 bits per heavy atom. The van der Waals surface area contributed by atoms with Crippen LogP contribution in [0.4, 0.5) is 16.2 Å². The third-order valence-corrected chi connectivity index (χ3v) is 8.84. The van der Waals surface area contributed by atoms with Crippen LogP contribution >= 0.6 is 22.9 Å². The fourth-order valence-electron chi connectivity index (χ4n) is 5.61. The lowest BCUT2D eigenvalue weighted by molar-refractivity contribution is 0.127. The standard InChI is InChI=1S/C28H24ClN3O2S/c29-19-6-5-18-17-34-28(33)32(24(18)15-19)20-9-12-30(13-10-20)27-11-14-31(27)21-7-8-26-23(16-21)22-3-1-2-4-25(22)35-26/h1-8,11,14-16,20,27H,9-10,12-13,17H2. The number of halogens is 1. The van der Waals surface area contributed by atoms with Crippen molar-refractivity contribution in [2.45, 2.75) is 31.7 Å². The molecule has 0 radical (unpaired) electrons. The predicted molar refractivity (Wildman–Crippen MR) is 143 cm³/mol. The number of ether oxygens (including phenoxy) is 1. The highest BCUT2D eigenvalue weighted by atomic mass is 35.5. The summed E-state index contributed by atoms with van der Waals surface area (Å²) in [7, 11) is 0. The highest BCUT2D eigenvalue weighted by Crippen LogP contribution is 2.39. The van der Waals surface area contributed by atoms with E-state index in [0.717, 1.165) is 37.2 Å². The molecule has 1 saturated heterocycles. The molecule has 3 aromatic carbocycles. The number of benzene rings is 3. The number of nitrogens with zero attached hydrogens (tertiary/aromatic N) is 3. The minimum atomic E-state index is -0.264. The van der Waals surface area contributed by atoms with Crippen LogP contribution in [-0.2, 0) is 11.3 Å². The SMILES string of the molecule is O=C1OCc2ccc(Cl)cc2N1C1CCN(C2C=CN2c2ccc3sc4ccccc4c3c2)CC1. The Morgan fingerprint density at radius 1 is 0.943 bits per heavy atom. The maximum absolute atomic E-state index is 12.7. The lowest BCUT2D eigenvalue weighted by Gasteiger charge is -2.47. The molecule has 3 aliphatic rings. The first-order valence-corrected chi connectivity index (χ1v) is 13.2. The van der Waals surface area contributed by atoms with Crippen molar-refractivity contribution in [1.29, 1.82) is 0 Å². The summed E-state index contributed by atoms with van der Waals surface area (Å²) in [6.45, 7) is 2.14. The average Bonchev–Trinajstić information content (AvgIpc) is 3.22. The molecule has 4 heterocycles. The van der Waals surface area contributed by atoms with E-state index >= 15 is 0 Å². The Balaban J connectivity index is 1.09. The van der Waals surface area contributed by atoms with E-state index in [9.17, 15) is 4.79 Å². The molecule has 1 atom stereocenters. The van der Waals surface area contributed by atoms with Crippen molar-refractivity contribution >= 4 is 60.6 Å². The number of cyclic esters (lactones) is 1. The molecule has 7 rings (SSSR count). The van der Waals surface area contributed by atoms with Crippen molar-refractivity contribution in [3.05, 3.63) is 83.5 Å². The molecule has 1 amide bonds. The Bertz CT molecular complexity index is 1490. The number of hydrogen-bond donors (Lipinski definition) is 0. The summed E-state index contributed by atoms with van der Waals surface area (Å²) in [6, 6.07) is 21.2. The molecule has 1 fully saturated rings. The van der Waals surface area contributed by atoms with Gasteiger partial charge in [0.2, 0.25) is 0 Å². The number of likely N-dealkylation sites (tertiary alicyclic amines) is 1. The van der Waals surface area contributed by atoms with E-state index in [2.05, 4.69) is 64.5 Å². The number of carbonyl (C=O) groups excluding carboxylic acids is 1. The lowest BCUT2D eigenvalue weighted by Crippen LogP contribution is -2.56. The summed E-state index contributed by atoms with van der Waals surface area (Å²) in [5.74, 6) is 0. The number of piperidine rings is 1. The van der Waals surface area contributed by atoms with E-state index in [1.807, 2.05) is 34.4 Å². The summed E-state index contributed by atoms with van der Waals surface area (Å²) in [6.07, 6.45) is 6.21. The number of fused-ring (bicyclic) bond motifs is 4. The molecule has 176 valence electrons. The van der Waals surface area contributed by atoms with Gasteiger partial charge < -0.3 is 9.64 Å². The van der Waals surface area contributed by atoms with Crippen molar-refractivity contribution in [2.75, 3.05) is 22.9 Å². The first kappa shape index (κ1) is 21.2. The Hall–Kier alpha value is -3.06. The van der Waals surface area contributed by atoms with Crippen LogP contribution in [0, 0.1) is 0 Å². The van der Waals surface area contributed by atoms with Gasteiger partial charge in [-0.2, -0.15) is 0 Å². The molecule has 5 nitrogen and oxygen atoms in total. The monoisotopic (exact) mass is 501 g/mol. The van der Waals surface area contributed by atoms with Gasteiger partial charge in [0.25, 0.3) is 0 Å². The van der Waals surface area contributed by atoms with E-state index in [-0.39, 0.29) is 18.3 Å². The third-order valence-electron chi connectivity index (χ3n) is 7.46. The summed E-state index contributed by atoms with van der Waals surface area (Å²) in [5, 5.41) is 3.29. The highest BCUT2D eigenvalue weighted by molar-refractivity contribution is 7.25. The van der Waals surface area contributed by atoms with Crippen LogP contribution in [0.5, 0.6) is 0 Å². The maximum Gasteiger partial charge on any atom is 0.414 e. The van der Waals surface area contributed by atoms with Gasteiger partial charge in [0, 0.05) is 61.8 Å². The number of amides is 1. The van der Waals surface area contributed by atoms with Crippen molar-refractivity contribution in [3.8, 4) is 0 Å². The van der Waals surface area contributed by atoms with Crippen LogP contribution in [0.15, 0.2) is 72.9 Å². The van der Waals surface area contributed by atoms with Gasteiger partial charge in [0.1, 0.15) is 12.8 Å². The molecule has 1 unspecified atom stereocenters. The van der Waals surface area contributed by atoms with E-state index in [4.69, 9.17) is 16.3 Å². The minimum Gasteiger partial charge on any atom is -0.444 e. The van der Waals surface area contributed by atoms with Crippen LogP contribution in [0.1, 0.15) is 18.4 Å². The van der Waals surface area contributed by atoms with Gasteiger partial charge in [-0.3, -0.25) is 9.80 Å². The van der Waals surface area contributed by atoms with Gasteiger partial charge in [-0.1, -0.05) is 35.9 Å². The number of hydrogen-bond acceptors (Lipinski definition) is 5. The van der Waals surface area contributed by atoms with Gasteiger partial charge in [-0.15, -0.1) is 11.3 Å². The van der Waals surface area contributed by atoms with Crippen LogP contribution in [0.2, 0.25) is 5.02 Å². The maximum atomic E-state index is 12.7. The van der Waals surface area contributed by atoms with E-state index < -0.39 is 0 Å². The summed E-state index contributed by atoms with van der Waals surface area (Å²) < 4.78 is 8.12. The van der Waals surface area contributed by atoms with E-state index in [1.54, 1.807) is 0 Å². The van der Waals surface area contributed by atoms with Crippen LogP contribution < -0.4 is 9.80 Å². The van der Waals surface area contributed by atoms with Crippen molar-refractivity contribution in [1.82, 2.24) is 4.90 Å². The molecule has 0 aliphatic carbocycles. The molecule has 1 aromatic heterocycles. The van der Waals surface area contributed by atoms with Crippen LogP contribution in [0.25, 0.3) is 20.2 Å². The number of thiophene rings is 1. The molecule has 0 bridgehead atoms. The van der Waals surface area contributed by atoms with Gasteiger partial charge in [0.15, 0.2) is 0 Å². The molecule has 0 spiro atoms. The molecular formula is C28H24ClN3O2S. The number of carbonyl (C=O) groups is 1. The fourth-order valence-corrected chi connectivity index (χ4v) is 6.86. The Kier molecular flexibility index (Phi) is 5.01. The summed E-state index contributed by atoms with van der Waals surface area (Å²) in [4.78, 5) is 19.4. The van der Waals surface area contributed by atoms with Gasteiger partial charge >= 0.3 is 6.09 Å². The predicted octanol–water partition coefficient (Wildman–Crippen LogP) is 6.99. The molecule has 7 heteroatoms. The average molecular weight is 502 g/mol. The molecule has 35 heavy (non-hydrogen) atoms. The molecule has 0 N–H and O–H groups in total. The van der Waals surface area contributed by atoms with Gasteiger partial charge in [0.05, 0.1) is 5.69 Å². The zero-order valence-electron chi connectivity index (χ0n) is 19.1. The van der Waals surface area contributed by atoms with Crippen molar-refractivity contribution in [2.24, 2.45) is 0 Å². The molecular weight excluding hydrogens is 478 g/mol. The molecule has 3 aliphatic heterocycles. The second-order valence-electron chi connectivity index (χ2n) is 9.41. The van der Waals surface area contributed by atoms with E-state index in [0.29, 0.717) is 11.6 Å². The summed E-state index contributed by atoms with van der Waals surface area (Å²) in [5.41, 5.74) is 3.13. The Morgan fingerprint density at radius 2 is 1.77 bits per heavy atom. The fraction of sp³-hybridized carbons (Fsp3) is 0.250. The molecule has 0 saturated carbocycles. The third kappa shape index (κ3) is 3.51. The van der Waals surface area contributed by atoms with Gasteiger partial charge in [-0.05, 0) is 55.3 Å². The zero-order chi connectivity index (χ0) is 23.5. The minimum absolute atomic E-state index is 0.113. The first-order valence-electron chi connectivity index (χ1n) is 12.0. The van der Waals surface area contributed by atoms with Crippen molar-refractivity contribution in [3.63, 3.8) is 0 Å². The lowest BCUT2D eigenvalue weighted by atomic mass is 9.99. The topological polar surface area (TPSA) is 36.0 Å². The second-order valence-corrected chi connectivity index (χ2v) is 10.9. The van der Waals surface area contributed by atoms with Crippen molar-refractivity contribution < 1.29 is 9.53 Å². The van der Waals surface area contributed by atoms with Crippen LogP contribution in [-0.4, -0.2) is 36.3 Å². The summed E-state index contributed by atoms with van der Waals surface area (Å²) >= 11 is 8.10. The van der Waals surface area contributed by atoms with Gasteiger partial charge in [-0.25, -0.2) is 4.79 Å². The smallest absolute Gasteiger partial charge is 0.414 e. The zero-order valence-corrected chi connectivity index (χ0v) is 20.6. The second kappa shape index (κ2) is 8.26. The number of anilines is 2. The quantitative estimate of drug-likeness (QED) is 0.303. The normalized spacial score (nSPS) is 20.8.